The van der Waals surface area contributed by atoms with Crippen molar-refractivity contribution in [2.75, 3.05) is 0 Å². The summed E-state index contributed by atoms with van der Waals surface area (Å²) in [4.78, 5) is 3.98. The summed E-state index contributed by atoms with van der Waals surface area (Å²) < 4.78 is 2.42. The van der Waals surface area contributed by atoms with Crippen LogP contribution in [0.4, 0.5) is 0 Å². The minimum absolute atomic E-state index is 0.0176. The Balaban J connectivity index is 2.57. The molecule has 6 nitrogen and oxygen atoms in total. The standard InChI is InChI=1S/C9H8BrN5O/c10-6-3-13-15(5-6)8-4-12-2-1-7(8)9(11)14-16/h1-5,16H,(H2,11,14). The van der Waals surface area contributed by atoms with Crippen LogP contribution >= 0.6 is 15.9 Å². The summed E-state index contributed by atoms with van der Waals surface area (Å²) in [5, 5.41) is 15.7. The van der Waals surface area contributed by atoms with Crippen molar-refractivity contribution in [3.63, 3.8) is 0 Å². The van der Waals surface area contributed by atoms with Crippen LogP contribution in [-0.4, -0.2) is 25.8 Å². The van der Waals surface area contributed by atoms with Gasteiger partial charge < -0.3 is 10.9 Å². The molecule has 2 rings (SSSR count). The van der Waals surface area contributed by atoms with Gasteiger partial charge in [-0.25, -0.2) is 4.68 Å². The van der Waals surface area contributed by atoms with Gasteiger partial charge in [0.2, 0.25) is 0 Å². The first-order chi connectivity index (χ1) is 7.72. The highest BCUT2D eigenvalue weighted by Gasteiger charge is 2.09. The van der Waals surface area contributed by atoms with E-state index in [2.05, 4.69) is 31.2 Å². The number of amidine groups is 1. The minimum atomic E-state index is 0.0176. The Morgan fingerprint density at radius 3 is 2.94 bits per heavy atom. The van der Waals surface area contributed by atoms with Crippen molar-refractivity contribution in [3.8, 4) is 5.69 Å². The molecular formula is C9H8BrN5O. The lowest BCUT2D eigenvalue weighted by molar-refractivity contribution is 0.318. The van der Waals surface area contributed by atoms with Crippen LogP contribution in [0.1, 0.15) is 5.56 Å². The Bertz CT molecular complexity index is 536. The van der Waals surface area contributed by atoms with Gasteiger partial charge >= 0.3 is 0 Å². The Morgan fingerprint density at radius 1 is 1.50 bits per heavy atom. The molecule has 82 valence electrons. The van der Waals surface area contributed by atoms with Crippen LogP contribution in [-0.2, 0) is 0 Å². The van der Waals surface area contributed by atoms with E-state index in [1.165, 1.54) is 0 Å². The molecule has 16 heavy (non-hydrogen) atoms. The smallest absolute Gasteiger partial charge is 0.172 e. The summed E-state index contributed by atoms with van der Waals surface area (Å²) in [6, 6.07) is 1.65. The maximum absolute atomic E-state index is 8.67. The number of hydrogen-bond donors (Lipinski definition) is 2. The Kier molecular flexibility index (Phi) is 2.86. The fourth-order valence-corrected chi connectivity index (χ4v) is 1.56. The van der Waals surface area contributed by atoms with Gasteiger partial charge in [0.15, 0.2) is 5.84 Å². The molecule has 7 heteroatoms. The van der Waals surface area contributed by atoms with Gasteiger partial charge in [-0.05, 0) is 22.0 Å². The van der Waals surface area contributed by atoms with E-state index < -0.39 is 0 Å². The van der Waals surface area contributed by atoms with Crippen molar-refractivity contribution in [1.29, 1.82) is 0 Å². The van der Waals surface area contributed by atoms with Crippen LogP contribution in [0.15, 0.2) is 40.5 Å². The number of nitrogens with zero attached hydrogens (tertiary/aromatic N) is 4. The van der Waals surface area contributed by atoms with E-state index in [0.717, 1.165) is 4.47 Å². The molecule has 2 heterocycles. The van der Waals surface area contributed by atoms with Crippen LogP contribution in [0.5, 0.6) is 0 Å². The van der Waals surface area contributed by atoms with Crippen LogP contribution in [0.3, 0.4) is 0 Å². The highest BCUT2D eigenvalue weighted by Crippen LogP contribution is 2.15. The summed E-state index contributed by atoms with van der Waals surface area (Å²) in [5.41, 5.74) is 6.76. The average molecular weight is 282 g/mol. The molecule has 0 bridgehead atoms. The summed E-state index contributed by atoms with van der Waals surface area (Å²) in [6.45, 7) is 0. The Hall–Kier alpha value is -1.89. The van der Waals surface area contributed by atoms with Gasteiger partial charge in [0.05, 0.1) is 22.6 Å². The van der Waals surface area contributed by atoms with Crippen molar-refractivity contribution in [2.45, 2.75) is 0 Å². The first-order valence-corrected chi connectivity index (χ1v) is 5.14. The molecule has 2 aromatic heterocycles. The molecule has 0 amide bonds. The molecule has 0 radical (unpaired) electrons. The molecule has 0 unspecified atom stereocenters. The maximum Gasteiger partial charge on any atom is 0.172 e. The molecule has 0 aliphatic heterocycles. The predicted octanol–water partition coefficient (Wildman–Crippen LogP) is 1.12. The largest absolute Gasteiger partial charge is 0.409 e. The van der Waals surface area contributed by atoms with Gasteiger partial charge in [-0.3, -0.25) is 4.98 Å². The highest BCUT2D eigenvalue weighted by atomic mass is 79.9. The van der Waals surface area contributed by atoms with E-state index in [9.17, 15) is 0 Å². The van der Waals surface area contributed by atoms with E-state index in [1.54, 1.807) is 35.5 Å². The second-order valence-electron chi connectivity index (χ2n) is 2.98. The van der Waals surface area contributed by atoms with E-state index >= 15 is 0 Å². The third kappa shape index (κ3) is 1.89. The summed E-state index contributed by atoms with van der Waals surface area (Å²) in [6.07, 6.45) is 6.55. The van der Waals surface area contributed by atoms with Crippen LogP contribution < -0.4 is 5.73 Å². The third-order valence-electron chi connectivity index (χ3n) is 1.98. The van der Waals surface area contributed by atoms with Gasteiger partial charge in [0, 0.05) is 18.0 Å². The van der Waals surface area contributed by atoms with Gasteiger partial charge in [-0.15, -0.1) is 0 Å². The lowest BCUT2D eigenvalue weighted by Gasteiger charge is -2.06. The van der Waals surface area contributed by atoms with Crippen molar-refractivity contribution in [2.24, 2.45) is 10.9 Å². The zero-order valence-corrected chi connectivity index (χ0v) is 9.66. The number of hydrogen-bond acceptors (Lipinski definition) is 4. The second kappa shape index (κ2) is 4.31. The Morgan fingerprint density at radius 2 is 2.31 bits per heavy atom. The number of nitrogens with two attached hydrogens (primary N) is 1. The molecule has 0 fully saturated rings. The molecule has 0 atom stereocenters. The van der Waals surface area contributed by atoms with Gasteiger partial charge in [0.25, 0.3) is 0 Å². The lowest BCUT2D eigenvalue weighted by Crippen LogP contribution is -2.16. The zero-order valence-electron chi connectivity index (χ0n) is 8.08. The predicted molar refractivity (Wildman–Crippen MR) is 61.6 cm³/mol. The zero-order chi connectivity index (χ0) is 11.5. The van der Waals surface area contributed by atoms with Gasteiger partial charge in [-0.2, -0.15) is 5.10 Å². The quantitative estimate of drug-likeness (QED) is 0.374. The van der Waals surface area contributed by atoms with Gasteiger partial charge in [0.1, 0.15) is 0 Å². The SMILES string of the molecule is N/C(=N/O)c1ccncc1-n1cc(Br)cn1. The first-order valence-electron chi connectivity index (χ1n) is 4.35. The number of pyridine rings is 1. The van der Waals surface area contributed by atoms with E-state index in [1.807, 2.05) is 0 Å². The normalized spacial score (nSPS) is 11.7. The first kappa shape index (κ1) is 10.6. The van der Waals surface area contributed by atoms with Crippen molar-refractivity contribution >= 4 is 21.8 Å². The minimum Gasteiger partial charge on any atom is -0.409 e. The second-order valence-corrected chi connectivity index (χ2v) is 3.90. The topological polar surface area (TPSA) is 89.3 Å². The van der Waals surface area contributed by atoms with Crippen molar-refractivity contribution in [3.05, 3.63) is 40.9 Å². The molecule has 3 N–H and O–H groups in total. The number of aromatic nitrogens is 3. The van der Waals surface area contributed by atoms with Gasteiger partial charge in [-0.1, -0.05) is 5.16 Å². The van der Waals surface area contributed by atoms with E-state index in [0.29, 0.717) is 11.3 Å². The molecule has 0 spiro atoms. The molecule has 0 aromatic carbocycles. The number of rotatable bonds is 2. The molecule has 0 saturated carbocycles. The number of halogens is 1. The van der Waals surface area contributed by atoms with E-state index in [4.69, 9.17) is 10.9 Å². The van der Waals surface area contributed by atoms with E-state index in [-0.39, 0.29) is 5.84 Å². The molecular weight excluding hydrogens is 274 g/mol. The van der Waals surface area contributed by atoms with Crippen LogP contribution in [0.25, 0.3) is 5.69 Å². The van der Waals surface area contributed by atoms with Crippen molar-refractivity contribution < 1.29 is 5.21 Å². The maximum atomic E-state index is 8.67. The average Bonchev–Trinajstić information content (AvgIpc) is 2.75. The molecule has 0 saturated heterocycles. The Labute approximate surface area is 99.5 Å². The fraction of sp³-hybridized carbons (Fsp3) is 0. The number of oxime groups is 1. The third-order valence-corrected chi connectivity index (χ3v) is 2.39. The summed E-state index contributed by atoms with van der Waals surface area (Å²) in [7, 11) is 0. The van der Waals surface area contributed by atoms with Crippen molar-refractivity contribution in [1.82, 2.24) is 14.8 Å². The van der Waals surface area contributed by atoms with Crippen LogP contribution in [0, 0.1) is 0 Å². The molecule has 0 aliphatic carbocycles. The lowest BCUT2D eigenvalue weighted by atomic mass is 10.2. The summed E-state index contributed by atoms with van der Waals surface area (Å²) in [5.74, 6) is 0.0176. The fourth-order valence-electron chi connectivity index (χ4n) is 1.27. The highest BCUT2D eigenvalue weighted by molar-refractivity contribution is 9.10. The molecule has 0 aliphatic rings. The molecule has 2 aromatic rings. The summed E-state index contributed by atoms with van der Waals surface area (Å²) >= 11 is 3.29. The van der Waals surface area contributed by atoms with Crippen LogP contribution in [0.2, 0.25) is 0 Å². The monoisotopic (exact) mass is 281 g/mol.